The van der Waals surface area contributed by atoms with Crippen LogP contribution >= 0.6 is 11.3 Å². The second-order valence-electron chi connectivity index (χ2n) is 7.38. The van der Waals surface area contributed by atoms with E-state index in [1.807, 2.05) is 31.2 Å². The number of nitrogens with zero attached hydrogens (tertiary/aromatic N) is 2. The molecule has 1 aromatic heterocycles. The number of unbranched alkanes of at least 4 members (excludes halogenated alkanes) is 4. The molecule has 8 heteroatoms. The normalized spacial score (nSPS) is 11.8. The number of rotatable bonds is 13. The number of carboxylic acid groups (broad SMARTS) is 1. The van der Waals surface area contributed by atoms with Crippen LogP contribution in [0.3, 0.4) is 0 Å². The number of benzene rings is 1. The fourth-order valence-electron chi connectivity index (χ4n) is 3.18. The summed E-state index contributed by atoms with van der Waals surface area (Å²) in [6.07, 6.45) is 6.98. The molecule has 7 nitrogen and oxygen atoms in total. The molecule has 0 aliphatic heterocycles. The summed E-state index contributed by atoms with van der Waals surface area (Å²) < 4.78 is 5.56. The van der Waals surface area contributed by atoms with Crippen molar-refractivity contribution in [3.63, 3.8) is 0 Å². The van der Waals surface area contributed by atoms with Gasteiger partial charge in [0, 0.05) is 26.4 Å². The molecular formula is C23H33N3O4S. The van der Waals surface area contributed by atoms with Crippen LogP contribution in [-0.4, -0.2) is 42.3 Å². The van der Waals surface area contributed by atoms with Gasteiger partial charge in [0.25, 0.3) is 0 Å². The van der Waals surface area contributed by atoms with Gasteiger partial charge in [-0.2, -0.15) is 0 Å². The summed E-state index contributed by atoms with van der Waals surface area (Å²) in [4.78, 5) is 30.3. The average molecular weight is 448 g/mol. The number of amides is 2. The largest absolute Gasteiger partial charge is 0.481 e. The number of carbonyl (C=O) groups excluding carboxylic acids is 1. The van der Waals surface area contributed by atoms with E-state index in [1.54, 1.807) is 13.2 Å². The van der Waals surface area contributed by atoms with Crippen molar-refractivity contribution in [3.8, 4) is 10.4 Å². The van der Waals surface area contributed by atoms with Gasteiger partial charge in [-0.05, 0) is 24.5 Å². The Balaban J connectivity index is 1.95. The van der Waals surface area contributed by atoms with E-state index in [-0.39, 0.29) is 12.5 Å². The smallest absolute Gasteiger partial charge is 0.323 e. The molecule has 0 fully saturated rings. The van der Waals surface area contributed by atoms with Gasteiger partial charge < -0.3 is 15.2 Å². The number of aliphatic carboxylic acids is 1. The Hall–Kier alpha value is -2.45. The molecule has 31 heavy (non-hydrogen) atoms. The van der Waals surface area contributed by atoms with Crippen molar-refractivity contribution in [3.05, 3.63) is 36.0 Å². The van der Waals surface area contributed by atoms with Crippen molar-refractivity contribution in [2.75, 3.05) is 25.1 Å². The monoisotopic (exact) mass is 447 g/mol. The Morgan fingerprint density at radius 2 is 1.87 bits per heavy atom. The third-order valence-corrected chi connectivity index (χ3v) is 6.06. The summed E-state index contributed by atoms with van der Waals surface area (Å²) in [5.74, 6) is -0.892. The standard InChI is InChI=1S/C23H33N3O4S/c1-4-6-7-8-9-14-24-22(29)26(3)23-25-16-20(31-23)18-12-10-17(11-13-18)19(30-5-2)15-21(27)28/h10-13,16,19H,4-9,14-15H2,1-3H3,(H,24,29)(H,27,28)/t19-/m0/s1. The summed E-state index contributed by atoms with van der Waals surface area (Å²) in [6.45, 7) is 5.15. The number of ether oxygens (including phenoxy) is 1. The molecule has 0 aliphatic rings. The Morgan fingerprint density at radius 3 is 2.52 bits per heavy atom. The third-order valence-electron chi connectivity index (χ3n) is 4.94. The zero-order valence-corrected chi connectivity index (χ0v) is 19.4. The molecule has 0 unspecified atom stereocenters. The number of carboxylic acids is 1. The van der Waals surface area contributed by atoms with Crippen LogP contribution in [0.2, 0.25) is 0 Å². The molecule has 0 saturated carbocycles. The molecule has 1 aromatic carbocycles. The zero-order valence-electron chi connectivity index (χ0n) is 18.6. The number of anilines is 1. The predicted octanol–water partition coefficient (Wildman–Crippen LogP) is 5.48. The molecule has 2 aromatic rings. The lowest BCUT2D eigenvalue weighted by Gasteiger charge is -2.15. The van der Waals surface area contributed by atoms with Crippen molar-refractivity contribution in [1.29, 1.82) is 0 Å². The minimum Gasteiger partial charge on any atom is -0.481 e. The van der Waals surface area contributed by atoms with Gasteiger partial charge in [0.05, 0.1) is 17.4 Å². The molecule has 2 N–H and O–H groups in total. The Kier molecular flexibility index (Phi) is 10.5. The molecule has 0 bridgehead atoms. The number of carbonyl (C=O) groups is 2. The number of urea groups is 1. The molecule has 1 heterocycles. The van der Waals surface area contributed by atoms with Crippen LogP contribution in [0.4, 0.5) is 9.93 Å². The second kappa shape index (κ2) is 13.1. The van der Waals surface area contributed by atoms with Crippen molar-refractivity contribution >= 4 is 28.5 Å². The van der Waals surface area contributed by atoms with Gasteiger partial charge in [-0.15, -0.1) is 0 Å². The van der Waals surface area contributed by atoms with E-state index < -0.39 is 12.1 Å². The first-order valence-electron chi connectivity index (χ1n) is 10.9. The van der Waals surface area contributed by atoms with E-state index in [9.17, 15) is 9.59 Å². The maximum Gasteiger partial charge on any atom is 0.323 e. The summed E-state index contributed by atoms with van der Waals surface area (Å²) in [5, 5.41) is 12.7. The fourth-order valence-corrected chi connectivity index (χ4v) is 4.06. The highest BCUT2D eigenvalue weighted by Gasteiger charge is 2.17. The van der Waals surface area contributed by atoms with Crippen LogP contribution in [-0.2, 0) is 9.53 Å². The molecular weight excluding hydrogens is 414 g/mol. The molecule has 0 saturated heterocycles. The fraction of sp³-hybridized carbons (Fsp3) is 0.522. The lowest BCUT2D eigenvalue weighted by Crippen LogP contribution is -2.37. The Bertz CT molecular complexity index is 822. The first-order valence-corrected chi connectivity index (χ1v) is 11.7. The summed E-state index contributed by atoms with van der Waals surface area (Å²) in [7, 11) is 1.72. The first kappa shape index (κ1) is 24.8. The van der Waals surface area contributed by atoms with Gasteiger partial charge in [-0.1, -0.05) is 68.2 Å². The van der Waals surface area contributed by atoms with Crippen LogP contribution in [0.15, 0.2) is 30.5 Å². The number of nitrogens with one attached hydrogen (secondary N) is 1. The highest BCUT2D eigenvalue weighted by Crippen LogP contribution is 2.32. The van der Waals surface area contributed by atoms with Crippen LogP contribution < -0.4 is 10.2 Å². The maximum atomic E-state index is 12.4. The van der Waals surface area contributed by atoms with Gasteiger partial charge in [0.2, 0.25) is 0 Å². The quantitative estimate of drug-likeness (QED) is 0.397. The molecule has 2 amide bonds. The van der Waals surface area contributed by atoms with Gasteiger partial charge in [0.1, 0.15) is 0 Å². The lowest BCUT2D eigenvalue weighted by molar-refractivity contribution is -0.140. The van der Waals surface area contributed by atoms with Crippen LogP contribution in [0.5, 0.6) is 0 Å². The topological polar surface area (TPSA) is 91.8 Å². The minimum absolute atomic E-state index is 0.0730. The van der Waals surface area contributed by atoms with E-state index in [4.69, 9.17) is 9.84 Å². The molecule has 1 atom stereocenters. The molecule has 170 valence electrons. The van der Waals surface area contributed by atoms with E-state index in [0.29, 0.717) is 18.3 Å². The predicted molar refractivity (Wildman–Crippen MR) is 125 cm³/mol. The molecule has 2 rings (SSSR count). The highest BCUT2D eigenvalue weighted by molar-refractivity contribution is 7.19. The van der Waals surface area contributed by atoms with Crippen molar-refractivity contribution in [1.82, 2.24) is 10.3 Å². The van der Waals surface area contributed by atoms with Crippen LogP contribution in [0.1, 0.15) is 64.0 Å². The molecule has 0 radical (unpaired) electrons. The van der Waals surface area contributed by atoms with Crippen molar-refractivity contribution in [2.24, 2.45) is 0 Å². The number of hydrogen-bond donors (Lipinski definition) is 2. The number of hydrogen-bond acceptors (Lipinski definition) is 5. The van der Waals surface area contributed by atoms with Crippen LogP contribution in [0, 0.1) is 0 Å². The van der Waals surface area contributed by atoms with E-state index in [0.717, 1.165) is 28.8 Å². The Morgan fingerprint density at radius 1 is 1.16 bits per heavy atom. The minimum atomic E-state index is -0.892. The van der Waals surface area contributed by atoms with Gasteiger partial charge in [0.15, 0.2) is 5.13 Å². The summed E-state index contributed by atoms with van der Waals surface area (Å²) >= 11 is 1.44. The lowest BCUT2D eigenvalue weighted by atomic mass is 10.0. The van der Waals surface area contributed by atoms with Crippen molar-refractivity contribution < 1.29 is 19.4 Å². The number of thiazole rings is 1. The van der Waals surface area contributed by atoms with Crippen molar-refractivity contribution in [2.45, 2.75) is 58.5 Å². The van der Waals surface area contributed by atoms with Gasteiger partial charge >= 0.3 is 12.0 Å². The SMILES string of the molecule is CCCCCCCNC(=O)N(C)c1ncc(-c2ccc([C@H](CC(=O)O)OCC)cc2)s1. The average Bonchev–Trinajstić information content (AvgIpc) is 3.25. The summed E-state index contributed by atoms with van der Waals surface area (Å²) in [6, 6.07) is 7.47. The Labute approximate surface area is 188 Å². The van der Waals surface area contributed by atoms with E-state index >= 15 is 0 Å². The second-order valence-corrected chi connectivity index (χ2v) is 8.39. The van der Waals surface area contributed by atoms with E-state index in [2.05, 4.69) is 17.2 Å². The number of aromatic nitrogens is 1. The van der Waals surface area contributed by atoms with Gasteiger partial charge in [-0.3, -0.25) is 9.69 Å². The van der Waals surface area contributed by atoms with Crippen LogP contribution in [0.25, 0.3) is 10.4 Å². The highest BCUT2D eigenvalue weighted by atomic mass is 32.1. The first-order chi connectivity index (χ1) is 15.0. The van der Waals surface area contributed by atoms with E-state index in [1.165, 1.54) is 35.5 Å². The third kappa shape index (κ3) is 7.95. The summed E-state index contributed by atoms with van der Waals surface area (Å²) in [5.41, 5.74) is 1.79. The molecule has 0 spiro atoms. The maximum absolute atomic E-state index is 12.4. The van der Waals surface area contributed by atoms with Gasteiger partial charge in [-0.25, -0.2) is 9.78 Å². The molecule has 0 aliphatic carbocycles. The zero-order chi connectivity index (χ0) is 22.6.